The number of nitrogens with one attached hydrogen (secondary N) is 3. The van der Waals surface area contributed by atoms with Crippen LogP contribution in [0.1, 0.15) is 0 Å². The van der Waals surface area contributed by atoms with Gasteiger partial charge in [0, 0.05) is 7.05 Å². The largest absolute Gasteiger partial charge is 0.351 e. The van der Waals surface area contributed by atoms with Crippen LogP contribution in [0.3, 0.4) is 0 Å². The fourth-order valence-electron chi connectivity index (χ4n) is 1.68. The van der Waals surface area contributed by atoms with Crippen LogP contribution in [0, 0.1) is 0 Å². The zero-order valence-corrected chi connectivity index (χ0v) is 9.14. The number of rotatable bonds is 3. The van der Waals surface area contributed by atoms with Crippen LogP contribution in [0.4, 0.5) is 0 Å². The van der Waals surface area contributed by atoms with E-state index in [9.17, 15) is 9.59 Å². The summed E-state index contributed by atoms with van der Waals surface area (Å²) in [6.45, 7) is 6.04. The minimum absolute atomic E-state index is 0.541. The van der Waals surface area contributed by atoms with Crippen molar-refractivity contribution in [1.82, 2.24) is 10.6 Å². The lowest BCUT2D eigenvalue weighted by atomic mass is 10.3. The number of quaternary nitrogens is 2. The fourth-order valence-corrected chi connectivity index (χ4v) is 1.68. The first-order valence-corrected chi connectivity index (χ1v) is 5.39. The van der Waals surface area contributed by atoms with E-state index in [1.165, 1.54) is 11.9 Å². The summed E-state index contributed by atoms with van der Waals surface area (Å²) in [7, 11) is 1.45. The van der Waals surface area contributed by atoms with E-state index in [2.05, 4.69) is 16.0 Å². The van der Waals surface area contributed by atoms with E-state index in [4.69, 9.17) is 0 Å². The number of carbonyl (C=O) groups is 2. The van der Waals surface area contributed by atoms with Crippen molar-refractivity contribution in [2.24, 2.45) is 0 Å². The van der Waals surface area contributed by atoms with Gasteiger partial charge in [0.1, 0.15) is 26.2 Å². The van der Waals surface area contributed by atoms with Gasteiger partial charge in [-0.2, -0.15) is 0 Å². The molecule has 6 heteroatoms. The fraction of sp³-hybridized carbons (Fsp3) is 0.778. The smallest absolute Gasteiger partial charge is 0.309 e. The van der Waals surface area contributed by atoms with E-state index >= 15 is 0 Å². The van der Waals surface area contributed by atoms with Crippen LogP contribution < -0.4 is 20.9 Å². The lowest BCUT2D eigenvalue weighted by Gasteiger charge is -2.21. The highest BCUT2D eigenvalue weighted by Crippen LogP contribution is 1.65. The standard InChI is InChI=1S/C9H18N4O2/c1-10-8(14)9(15)12-4-7-13-5-2-11-3-6-13/h11H,2-7H2,1H3,(H,10,14)(H,12,15)/p+2. The van der Waals surface area contributed by atoms with Gasteiger partial charge in [0.15, 0.2) is 0 Å². The molecule has 0 aromatic rings. The summed E-state index contributed by atoms with van der Waals surface area (Å²) in [5, 5.41) is 7.19. The maximum absolute atomic E-state index is 11.1. The average Bonchev–Trinajstić information content (AvgIpc) is 2.29. The van der Waals surface area contributed by atoms with Crippen LogP contribution in [0.15, 0.2) is 0 Å². The minimum atomic E-state index is -0.572. The number of amides is 2. The van der Waals surface area contributed by atoms with E-state index in [0.717, 1.165) is 32.7 Å². The molecule has 0 aromatic carbocycles. The van der Waals surface area contributed by atoms with Crippen molar-refractivity contribution in [3.05, 3.63) is 0 Å². The predicted octanol–water partition coefficient (Wildman–Crippen LogP) is -4.69. The second-order valence-electron chi connectivity index (χ2n) is 3.70. The molecule has 0 aliphatic carbocycles. The van der Waals surface area contributed by atoms with Gasteiger partial charge >= 0.3 is 11.8 Å². The van der Waals surface area contributed by atoms with Crippen LogP contribution in [-0.2, 0) is 9.59 Å². The van der Waals surface area contributed by atoms with Crippen LogP contribution in [0.2, 0.25) is 0 Å². The quantitative estimate of drug-likeness (QED) is 0.358. The molecule has 5 N–H and O–H groups in total. The van der Waals surface area contributed by atoms with Gasteiger partial charge in [-0.1, -0.05) is 0 Å². The van der Waals surface area contributed by atoms with Gasteiger partial charge in [0.25, 0.3) is 0 Å². The summed E-state index contributed by atoms with van der Waals surface area (Å²) in [4.78, 5) is 23.4. The van der Waals surface area contributed by atoms with E-state index in [1.54, 1.807) is 0 Å². The third kappa shape index (κ3) is 4.26. The molecule has 1 aliphatic heterocycles. The molecule has 0 aromatic heterocycles. The first-order chi connectivity index (χ1) is 7.24. The molecular formula is C9H20N4O2+2. The summed E-state index contributed by atoms with van der Waals surface area (Å²) in [6.07, 6.45) is 0. The Bertz CT molecular complexity index is 226. The van der Waals surface area contributed by atoms with Crippen molar-refractivity contribution in [2.45, 2.75) is 0 Å². The number of carbonyl (C=O) groups excluding carboxylic acids is 2. The Balaban J connectivity index is 2.09. The molecule has 0 bridgehead atoms. The van der Waals surface area contributed by atoms with Gasteiger partial charge in [0.05, 0.1) is 13.1 Å². The van der Waals surface area contributed by atoms with E-state index in [-0.39, 0.29) is 0 Å². The zero-order chi connectivity index (χ0) is 11.1. The van der Waals surface area contributed by atoms with Crippen molar-refractivity contribution in [3.8, 4) is 0 Å². The van der Waals surface area contributed by atoms with Crippen molar-refractivity contribution >= 4 is 11.8 Å². The van der Waals surface area contributed by atoms with E-state index < -0.39 is 11.8 Å². The first kappa shape index (κ1) is 11.9. The molecule has 2 amide bonds. The molecule has 1 fully saturated rings. The Hall–Kier alpha value is -1.14. The monoisotopic (exact) mass is 216 g/mol. The number of hydrogen-bond acceptors (Lipinski definition) is 2. The number of nitrogens with two attached hydrogens (primary N) is 1. The zero-order valence-electron chi connectivity index (χ0n) is 9.14. The van der Waals surface area contributed by atoms with Crippen molar-refractivity contribution in [2.75, 3.05) is 46.3 Å². The lowest BCUT2D eigenvalue weighted by molar-refractivity contribution is -0.945. The maximum atomic E-state index is 11.1. The molecule has 0 radical (unpaired) electrons. The molecular weight excluding hydrogens is 196 g/mol. The molecule has 6 nitrogen and oxygen atoms in total. The van der Waals surface area contributed by atoms with E-state index in [1.807, 2.05) is 0 Å². The molecule has 0 unspecified atom stereocenters. The molecule has 0 atom stereocenters. The highest BCUT2D eigenvalue weighted by Gasteiger charge is 2.16. The van der Waals surface area contributed by atoms with Crippen LogP contribution in [0.5, 0.6) is 0 Å². The van der Waals surface area contributed by atoms with Gasteiger partial charge < -0.3 is 20.9 Å². The highest BCUT2D eigenvalue weighted by molar-refractivity contribution is 6.34. The number of piperazine rings is 1. The second kappa shape index (κ2) is 6.36. The van der Waals surface area contributed by atoms with Crippen molar-refractivity contribution in [1.29, 1.82) is 0 Å². The van der Waals surface area contributed by atoms with Gasteiger partial charge in [-0.05, 0) is 0 Å². The van der Waals surface area contributed by atoms with Crippen LogP contribution in [-0.4, -0.2) is 58.1 Å². The molecule has 1 rings (SSSR count). The third-order valence-corrected chi connectivity index (χ3v) is 2.60. The predicted molar refractivity (Wildman–Crippen MR) is 54.3 cm³/mol. The molecule has 86 valence electrons. The SMILES string of the molecule is CNC(=O)C(=O)NCC[NH+]1CC[NH2+]CC1. The van der Waals surface area contributed by atoms with Gasteiger partial charge in [0.2, 0.25) is 0 Å². The lowest BCUT2D eigenvalue weighted by Crippen LogP contribution is -3.21. The molecule has 0 spiro atoms. The van der Waals surface area contributed by atoms with Crippen LogP contribution >= 0.6 is 0 Å². The third-order valence-electron chi connectivity index (χ3n) is 2.60. The van der Waals surface area contributed by atoms with Gasteiger partial charge in [-0.25, -0.2) is 0 Å². The Morgan fingerprint density at radius 1 is 1.27 bits per heavy atom. The number of hydrogen-bond donors (Lipinski definition) is 4. The first-order valence-electron chi connectivity index (χ1n) is 5.39. The highest BCUT2D eigenvalue weighted by atomic mass is 16.2. The minimum Gasteiger partial charge on any atom is -0.351 e. The summed E-state index contributed by atoms with van der Waals surface area (Å²) < 4.78 is 0. The Morgan fingerprint density at radius 2 is 1.93 bits per heavy atom. The van der Waals surface area contributed by atoms with Gasteiger partial charge in [-0.3, -0.25) is 9.59 Å². The Labute approximate surface area is 89.4 Å². The normalized spacial score (nSPS) is 17.1. The average molecular weight is 216 g/mol. The molecule has 15 heavy (non-hydrogen) atoms. The molecule has 0 saturated carbocycles. The van der Waals surface area contributed by atoms with E-state index in [0.29, 0.717) is 6.54 Å². The summed E-state index contributed by atoms with van der Waals surface area (Å²) in [5.41, 5.74) is 0. The summed E-state index contributed by atoms with van der Waals surface area (Å²) in [6, 6.07) is 0. The molecule has 1 aliphatic rings. The summed E-state index contributed by atoms with van der Waals surface area (Å²) in [5.74, 6) is -1.11. The van der Waals surface area contributed by atoms with Crippen molar-refractivity contribution in [3.63, 3.8) is 0 Å². The van der Waals surface area contributed by atoms with Gasteiger partial charge in [-0.15, -0.1) is 0 Å². The topological polar surface area (TPSA) is 79.2 Å². The molecule has 1 saturated heterocycles. The Kier molecular flexibility index (Phi) is 5.06. The second-order valence-corrected chi connectivity index (χ2v) is 3.70. The van der Waals surface area contributed by atoms with Crippen molar-refractivity contribution < 1.29 is 19.8 Å². The summed E-state index contributed by atoms with van der Waals surface area (Å²) >= 11 is 0. The maximum Gasteiger partial charge on any atom is 0.309 e. The number of likely N-dealkylation sites (N-methyl/N-ethyl adjacent to an activating group) is 1. The Morgan fingerprint density at radius 3 is 2.53 bits per heavy atom. The van der Waals surface area contributed by atoms with Crippen LogP contribution in [0.25, 0.3) is 0 Å². The molecule has 1 heterocycles.